The number of aliphatic hydroxyl groups is 2. The topological polar surface area (TPSA) is 192 Å². The number of nitrogens with zero attached hydrogens (tertiary/aromatic N) is 3. The summed E-state index contributed by atoms with van der Waals surface area (Å²) < 4.78 is 25.4. The molecular weight excluding hydrogens is 797 g/mol. The highest BCUT2D eigenvalue weighted by Crippen LogP contribution is 2.61. The predicted octanol–water partition coefficient (Wildman–Crippen LogP) is 7.25. The maximum Gasteiger partial charge on any atom is 0.412 e. The third-order valence-corrected chi connectivity index (χ3v) is 12.1. The first-order chi connectivity index (χ1) is 30.1. The number of nitrogens with one attached hydrogen (secondary N) is 1. The van der Waals surface area contributed by atoms with Gasteiger partial charge in [0, 0.05) is 56.8 Å². The van der Waals surface area contributed by atoms with E-state index in [0.29, 0.717) is 47.9 Å². The van der Waals surface area contributed by atoms with Gasteiger partial charge in [0.05, 0.1) is 36.7 Å². The Hall–Kier alpha value is -5.77. The molecule has 0 aromatic heterocycles. The molecule has 1 aliphatic heterocycles. The summed E-state index contributed by atoms with van der Waals surface area (Å²) >= 11 is 0. The standard InChI is InChI=1S/C47H58N4O11/c1-5-24-59-47-42(50(3)43(54)26-32-12-11-14-35(25-32)58-4)29-40(49-60-30-31-16-18-34(19-17-31)51(56)57)38-27-33(13-7-9-22-52)37(15-8-10-23-53)44(45(38)47)39-28-36(20-21-41(39)62-47)61-46(55)48-6-2/h5,11-12,14,16-21,25,27-28,33,37,42,44-45,52-53H,1,6-10,13,15,22-24,26,29-30H2,2-4H3,(H,48,55). The Kier molecular flexibility index (Phi) is 15.8. The van der Waals surface area contributed by atoms with Gasteiger partial charge in [-0.1, -0.05) is 42.3 Å². The number of nitro groups is 1. The van der Waals surface area contributed by atoms with Gasteiger partial charge in [0.1, 0.15) is 29.9 Å². The van der Waals surface area contributed by atoms with Crippen LogP contribution in [-0.4, -0.2) is 90.1 Å². The average molecular weight is 855 g/mol. The Bertz CT molecular complexity index is 2110. The van der Waals surface area contributed by atoms with Crippen molar-refractivity contribution in [1.29, 1.82) is 0 Å². The van der Waals surface area contributed by atoms with Crippen molar-refractivity contribution in [2.75, 3.05) is 40.5 Å². The molecule has 6 unspecified atom stereocenters. The zero-order valence-electron chi connectivity index (χ0n) is 35.7. The molecule has 3 aromatic rings. The van der Waals surface area contributed by atoms with Crippen LogP contribution in [0.3, 0.4) is 0 Å². The van der Waals surface area contributed by atoms with Gasteiger partial charge in [0.15, 0.2) is 0 Å². The predicted molar refractivity (Wildman–Crippen MR) is 232 cm³/mol. The molecule has 3 aromatic carbocycles. The van der Waals surface area contributed by atoms with Crippen LogP contribution in [0.15, 0.2) is 96.2 Å². The monoisotopic (exact) mass is 854 g/mol. The molecule has 3 aliphatic rings. The van der Waals surface area contributed by atoms with E-state index in [1.54, 1.807) is 56.3 Å². The van der Waals surface area contributed by atoms with E-state index in [1.165, 1.54) is 12.1 Å². The molecule has 2 amide bonds. The van der Waals surface area contributed by atoms with Crippen LogP contribution >= 0.6 is 0 Å². The van der Waals surface area contributed by atoms with Gasteiger partial charge in [-0.05, 0) is 104 Å². The number of benzene rings is 3. The van der Waals surface area contributed by atoms with Crippen molar-refractivity contribution >= 4 is 23.4 Å². The summed E-state index contributed by atoms with van der Waals surface area (Å²) in [6.07, 6.45) is 7.74. The largest absolute Gasteiger partial charge is 0.497 e. The molecule has 1 fully saturated rings. The molecule has 15 nitrogen and oxygen atoms in total. The highest BCUT2D eigenvalue weighted by atomic mass is 16.7. The van der Waals surface area contributed by atoms with Crippen LogP contribution in [0.2, 0.25) is 0 Å². The van der Waals surface area contributed by atoms with Gasteiger partial charge in [-0.3, -0.25) is 14.9 Å². The maximum absolute atomic E-state index is 14.5. The van der Waals surface area contributed by atoms with Crippen LogP contribution in [0.5, 0.6) is 17.2 Å². The second kappa shape index (κ2) is 21.3. The van der Waals surface area contributed by atoms with Crippen LogP contribution in [0.4, 0.5) is 10.5 Å². The maximum atomic E-state index is 14.5. The summed E-state index contributed by atoms with van der Waals surface area (Å²) in [4.78, 5) is 45.9. The van der Waals surface area contributed by atoms with E-state index in [1.807, 2.05) is 30.3 Å². The van der Waals surface area contributed by atoms with Gasteiger partial charge in [-0.2, -0.15) is 0 Å². The summed E-state index contributed by atoms with van der Waals surface area (Å²) in [6.45, 7) is 6.39. The minimum absolute atomic E-state index is 0.0173. The molecule has 6 rings (SSSR count). The van der Waals surface area contributed by atoms with Gasteiger partial charge in [-0.15, -0.1) is 6.58 Å². The quantitative estimate of drug-likeness (QED) is 0.0424. The van der Waals surface area contributed by atoms with Crippen LogP contribution in [0.25, 0.3) is 0 Å². The number of hydrogen-bond acceptors (Lipinski definition) is 12. The van der Waals surface area contributed by atoms with E-state index in [-0.39, 0.29) is 68.6 Å². The molecule has 6 atom stereocenters. The van der Waals surface area contributed by atoms with E-state index < -0.39 is 28.8 Å². The van der Waals surface area contributed by atoms with Gasteiger partial charge in [0.25, 0.3) is 5.69 Å². The number of methoxy groups -OCH3 is 1. The molecule has 0 radical (unpaired) electrons. The van der Waals surface area contributed by atoms with Crippen LogP contribution in [0.1, 0.15) is 74.5 Å². The normalized spacial score (nSPS) is 22.9. The van der Waals surface area contributed by atoms with Gasteiger partial charge < -0.3 is 44.2 Å². The SMILES string of the molecule is C=CCOC12Oc3ccc(OC(=O)NCC)cc3C3C(CCCCO)C(CCCCO)C=C(C(=NOCc4ccc([N+](=O)[O-])cc4)CC1N(C)C(=O)Cc1cccc(OC)c1)C32. The first kappa shape index (κ1) is 45.7. The van der Waals surface area contributed by atoms with Crippen molar-refractivity contribution in [2.24, 2.45) is 22.9 Å². The number of fused-ring (bicyclic) bond motifs is 2. The number of ether oxygens (including phenoxy) is 4. The van der Waals surface area contributed by atoms with E-state index >= 15 is 0 Å². The second-order valence-corrected chi connectivity index (χ2v) is 15.9. The first-order valence-electron chi connectivity index (χ1n) is 21.3. The lowest BCUT2D eigenvalue weighted by Crippen LogP contribution is -2.69. The molecule has 1 heterocycles. The summed E-state index contributed by atoms with van der Waals surface area (Å²) in [5.41, 5.74) is 3.63. The molecule has 2 aliphatic carbocycles. The third-order valence-electron chi connectivity index (χ3n) is 12.1. The van der Waals surface area contributed by atoms with Crippen molar-refractivity contribution in [3.8, 4) is 17.2 Å². The van der Waals surface area contributed by atoms with Crippen molar-refractivity contribution in [3.63, 3.8) is 0 Å². The minimum atomic E-state index is -1.47. The number of carbonyl (C=O) groups excluding carboxylic acids is 2. The molecule has 0 spiro atoms. The van der Waals surface area contributed by atoms with Crippen LogP contribution in [0, 0.1) is 27.9 Å². The second-order valence-electron chi connectivity index (χ2n) is 15.9. The van der Waals surface area contributed by atoms with Gasteiger partial charge in [-0.25, -0.2) is 4.79 Å². The number of aliphatic hydroxyl groups excluding tert-OH is 2. The highest BCUT2D eigenvalue weighted by molar-refractivity contribution is 6.03. The lowest BCUT2D eigenvalue weighted by Gasteiger charge is -2.59. The van der Waals surface area contributed by atoms with Crippen molar-refractivity contribution in [3.05, 3.63) is 118 Å². The third kappa shape index (κ3) is 10.3. The molecule has 0 saturated heterocycles. The molecule has 3 N–H and O–H groups in total. The highest BCUT2D eigenvalue weighted by Gasteiger charge is 2.65. The number of rotatable bonds is 21. The average Bonchev–Trinajstić information content (AvgIpc) is 3.27. The van der Waals surface area contributed by atoms with Gasteiger partial charge >= 0.3 is 6.09 Å². The number of hydrogen-bond donors (Lipinski definition) is 3. The lowest BCUT2D eigenvalue weighted by molar-refractivity contribution is -0.384. The summed E-state index contributed by atoms with van der Waals surface area (Å²) in [6, 6.07) is 18.0. The molecule has 1 saturated carbocycles. The van der Waals surface area contributed by atoms with Crippen molar-refractivity contribution in [2.45, 2.75) is 82.6 Å². The Balaban J connectivity index is 1.53. The lowest BCUT2D eigenvalue weighted by atomic mass is 9.55. The molecule has 15 heteroatoms. The van der Waals surface area contributed by atoms with E-state index in [9.17, 15) is 29.9 Å². The zero-order valence-corrected chi connectivity index (χ0v) is 35.7. The Morgan fingerprint density at radius 1 is 1.03 bits per heavy atom. The van der Waals surface area contributed by atoms with Crippen molar-refractivity contribution < 1.29 is 48.5 Å². The number of allylic oxidation sites excluding steroid dienone is 1. The number of carbonyl (C=O) groups is 2. The number of nitro benzene ring substituents is 1. The Morgan fingerprint density at radius 3 is 2.48 bits per heavy atom. The smallest absolute Gasteiger partial charge is 0.412 e. The molecule has 332 valence electrons. The fourth-order valence-electron chi connectivity index (χ4n) is 9.23. The Labute approximate surface area is 362 Å². The fourth-order valence-corrected chi connectivity index (χ4v) is 9.23. The number of likely N-dealkylation sites (N-methyl/N-ethyl adjacent to an activating group) is 1. The summed E-state index contributed by atoms with van der Waals surface area (Å²) in [5, 5.41) is 38.6. The molecule has 0 bridgehead atoms. The summed E-state index contributed by atoms with van der Waals surface area (Å²) in [5.74, 6) is -1.15. The molecular formula is C47H58N4O11. The number of non-ortho nitro benzene ring substituents is 1. The minimum Gasteiger partial charge on any atom is -0.497 e. The first-order valence-corrected chi connectivity index (χ1v) is 21.3. The summed E-state index contributed by atoms with van der Waals surface area (Å²) in [7, 11) is 3.32. The van der Waals surface area contributed by atoms with Gasteiger partial charge in [0.2, 0.25) is 11.7 Å². The number of amides is 2. The van der Waals surface area contributed by atoms with E-state index in [2.05, 4.69) is 18.0 Å². The van der Waals surface area contributed by atoms with Crippen molar-refractivity contribution in [1.82, 2.24) is 10.2 Å². The number of unbranched alkanes of at least 4 members (excludes halogenated alkanes) is 2. The Morgan fingerprint density at radius 2 is 1.79 bits per heavy atom. The fraction of sp³-hybridized carbons (Fsp3) is 0.468. The zero-order chi connectivity index (χ0) is 44.2. The number of oxime groups is 1. The van der Waals surface area contributed by atoms with E-state index in [4.69, 9.17) is 28.9 Å². The van der Waals surface area contributed by atoms with E-state index in [0.717, 1.165) is 42.4 Å². The molecule has 62 heavy (non-hydrogen) atoms. The van der Waals surface area contributed by atoms with Crippen LogP contribution < -0.4 is 19.5 Å². The van der Waals surface area contributed by atoms with Crippen LogP contribution in [-0.2, 0) is 27.4 Å².